The Morgan fingerprint density at radius 1 is 0.188 bits per heavy atom. The van der Waals surface area contributed by atoms with Crippen molar-refractivity contribution >= 4 is 151 Å². The predicted molar refractivity (Wildman–Crippen MR) is 411 cm³/mol. The molecule has 96 heavy (non-hydrogen) atoms. The zero-order valence-corrected chi connectivity index (χ0v) is 64.0. The molecule has 12 aromatic rings. The first kappa shape index (κ1) is 66.7. The van der Waals surface area contributed by atoms with Crippen LogP contribution in [0.4, 0.5) is 22.7 Å². The molecule has 12 aromatic carbocycles. The molecule has 16 heteroatoms. The zero-order valence-electron chi connectivity index (χ0n) is 55.4. The molecule has 0 spiro atoms. The quantitative estimate of drug-likeness (QED) is 0.0894. The van der Waals surface area contributed by atoms with Crippen molar-refractivity contribution in [2.75, 3.05) is 76.0 Å². The number of hydrogen-bond acceptors (Lipinski definition) is 10. The van der Waals surface area contributed by atoms with E-state index in [-0.39, 0.29) is 0 Å². The molecule has 0 bridgehead atoms. The Labute approximate surface area is 580 Å². The Bertz CT molecular complexity index is 3740. The molecular formula is C80H80N4O6Si4Te2. The summed E-state index contributed by atoms with van der Waals surface area (Å²) in [5, 5.41) is 6.92. The van der Waals surface area contributed by atoms with Crippen LogP contribution in [0.25, 0.3) is 0 Å². The molecule has 0 saturated carbocycles. The molecular weight excluding hydrogens is 1480 g/mol. The van der Waals surface area contributed by atoms with Gasteiger partial charge in [-0.2, -0.15) is 0 Å². The third kappa shape index (κ3) is 12.9. The van der Waals surface area contributed by atoms with Gasteiger partial charge in [-0.15, -0.1) is 0 Å². The van der Waals surface area contributed by atoms with Gasteiger partial charge in [-0.05, 0) is 0 Å². The van der Waals surface area contributed by atoms with E-state index in [1.165, 1.54) is 0 Å². The molecule has 0 aliphatic carbocycles. The maximum atomic E-state index is 9.43. The number of benzene rings is 12. The van der Waals surface area contributed by atoms with Gasteiger partial charge in [-0.25, -0.2) is 0 Å². The van der Waals surface area contributed by atoms with Crippen LogP contribution in [0.3, 0.4) is 0 Å². The van der Waals surface area contributed by atoms with Crippen molar-refractivity contribution in [3.05, 3.63) is 340 Å². The summed E-state index contributed by atoms with van der Waals surface area (Å²) in [6.07, 6.45) is 0. The van der Waals surface area contributed by atoms with Crippen molar-refractivity contribution in [1.82, 2.24) is 0 Å². The Morgan fingerprint density at radius 3 is 0.448 bits per heavy atom. The normalized spacial score (nSPS) is 16.8. The van der Waals surface area contributed by atoms with Crippen molar-refractivity contribution in [3.8, 4) is 0 Å². The second kappa shape index (κ2) is 28.6. The van der Waals surface area contributed by atoms with Gasteiger partial charge in [0.2, 0.25) is 0 Å². The summed E-state index contributed by atoms with van der Waals surface area (Å²) < 4.78 is 60.1. The molecule has 0 radical (unpaired) electrons. The summed E-state index contributed by atoms with van der Waals surface area (Å²) in [4.78, 5) is 8.55. The van der Waals surface area contributed by atoms with E-state index in [2.05, 4.69) is 416 Å². The average Bonchev–Trinajstić information content (AvgIpc) is 0.697. The molecule has 1 fully saturated rings. The fourth-order valence-corrected chi connectivity index (χ4v) is 66.3. The number of anilines is 4. The Balaban J connectivity index is 1.33. The Hall–Kier alpha value is -7.95. The maximum absolute atomic E-state index is 9.43. The molecule has 1 saturated heterocycles. The van der Waals surface area contributed by atoms with Crippen LogP contribution >= 0.6 is 0 Å². The standard InChI is InChI=1S/C80H80N4O6Si4Te2/c1-81(2)65-49-57-77(58-50-65)95(78-59-51-66(52-60-78)82(3)4)87-91(69-33-17-9-18-34-69,70-35-19-10-20-36-70)85-93(73-41-25-13-26-42-73,74-43-27-14-28-44-74)89-96(79-61-53-67(54-62-79)83(5)6,80-63-55-68(56-64-80)84(7)8)90-94(75-45-29-15-30-46-75,76-47-31-16-32-48-76)86-92(88-95,71-37-21-11-22-38-71)72-39-23-12-24-40-72/h9-64H,1-8H3. The van der Waals surface area contributed by atoms with Gasteiger partial charge in [-0.1, -0.05) is 0 Å². The van der Waals surface area contributed by atoms with E-state index in [0.29, 0.717) is 0 Å². The van der Waals surface area contributed by atoms with Gasteiger partial charge in [0, 0.05) is 0 Å². The molecule has 1 aliphatic rings. The van der Waals surface area contributed by atoms with E-state index in [1.54, 1.807) is 0 Å². The molecule has 1 aliphatic heterocycles. The average molecular weight is 1560 g/mol. The van der Waals surface area contributed by atoms with E-state index in [9.17, 15) is 19.4 Å². The second-order valence-electron chi connectivity index (χ2n) is 24.5. The monoisotopic (exact) mass is 1560 g/mol. The summed E-state index contributed by atoms with van der Waals surface area (Å²) in [6.45, 7) is 0. The summed E-state index contributed by atoms with van der Waals surface area (Å²) in [6, 6.07) is 121. The van der Waals surface area contributed by atoms with Crippen molar-refractivity contribution < 1.29 is 19.4 Å². The minimum absolute atomic E-state index is 0.865. The third-order valence-corrected chi connectivity index (χ3v) is 58.9. The van der Waals surface area contributed by atoms with Crippen LogP contribution in [0.1, 0.15) is 0 Å². The fourth-order valence-electron chi connectivity index (χ4n) is 12.3. The van der Waals surface area contributed by atoms with Crippen LogP contribution in [0.2, 0.25) is 0 Å². The summed E-state index contributed by atoms with van der Waals surface area (Å²) in [7, 11) is -1.81. The SMILES string of the molecule is CN(C)c1ccc([Te]2(c3ccc(N(C)C)cc3)O[Si](c3ccccc3)(c3ccccc3)O[Si](c3ccccc3)(c3ccccc3)O[Te](c3ccc(N(C)C)cc3)(c3ccc(N(C)C)cc3)O[Si](c3ccccc3)(c3ccccc3)O[Si](c3ccccc3)(c3ccccc3)O2)cc1. The van der Waals surface area contributed by atoms with Crippen molar-refractivity contribution in [3.63, 3.8) is 0 Å². The summed E-state index contributed by atoms with van der Waals surface area (Å²) >= 11 is -11.4. The first-order chi connectivity index (χ1) is 46.7. The van der Waals surface area contributed by atoms with Crippen molar-refractivity contribution in [1.29, 1.82) is 0 Å². The van der Waals surface area contributed by atoms with E-state index in [0.717, 1.165) is 78.7 Å². The Morgan fingerprint density at radius 2 is 0.323 bits per heavy atom. The molecule has 484 valence electrons. The molecule has 0 unspecified atom stereocenters. The van der Waals surface area contributed by atoms with E-state index in [1.807, 2.05) is 0 Å². The van der Waals surface area contributed by atoms with Gasteiger partial charge in [0.25, 0.3) is 0 Å². The number of nitrogens with zero attached hydrogens (tertiary/aromatic N) is 4. The predicted octanol–water partition coefficient (Wildman–Crippen LogP) is 7.90. The van der Waals surface area contributed by atoms with Crippen molar-refractivity contribution in [2.45, 2.75) is 0 Å². The van der Waals surface area contributed by atoms with Crippen LogP contribution in [0, 0.1) is 0 Å². The van der Waals surface area contributed by atoms with Crippen molar-refractivity contribution in [2.24, 2.45) is 0 Å². The molecule has 0 aromatic heterocycles. The third-order valence-electron chi connectivity index (χ3n) is 17.4. The van der Waals surface area contributed by atoms with E-state index >= 15 is 0 Å². The van der Waals surface area contributed by atoms with Crippen LogP contribution in [-0.4, -0.2) is 129 Å². The van der Waals surface area contributed by atoms with Crippen LogP contribution in [-0.2, 0) is 19.4 Å². The molecule has 1 heterocycles. The fraction of sp³-hybridized carbons (Fsp3) is 0.100. The Kier molecular flexibility index (Phi) is 19.9. The van der Waals surface area contributed by atoms with Gasteiger partial charge in [-0.3, -0.25) is 0 Å². The summed E-state index contributed by atoms with van der Waals surface area (Å²) in [5.74, 6) is 0. The van der Waals surface area contributed by atoms with Gasteiger partial charge in [0.05, 0.1) is 0 Å². The van der Waals surface area contributed by atoms with Gasteiger partial charge in [0.1, 0.15) is 0 Å². The van der Waals surface area contributed by atoms with Gasteiger partial charge >= 0.3 is 586 Å². The topological polar surface area (TPSA) is 68.3 Å². The van der Waals surface area contributed by atoms with E-state index in [4.69, 9.17) is 0 Å². The van der Waals surface area contributed by atoms with Crippen LogP contribution in [0.5, 0.6) is 0 Å². The second-order valence-corrected chi connectivity index (χ2v) is 53.2. The summed E-state index contributed by atoms with van der Waals surface area (Å²) in [5.41, 5.74) is 4.08. The van der Waals surface area contributed by atoms with Crippen LogP contribution < -0.4 is 75.5 Å². The van der Waals surface area contributed by atoms with E-state index < -0.39 is 72.2 Å². The molecule has 13 rings (SSSR count). The molecule has 10 nitrogen and oxygen atoms in total. The number of hydrogen-bond donors (Lipinski definition) is 0. The molecule has 0 N–H and O–H groups in total. The first-order valence-corrected chi connectivity index (χ1v) is 47.9. The zero-order chi connectivity index (χ0) is 66.4. The first-order valence-electron chi connectivity index (χ1n) is 32.2. The molecule has 0 amide bonds. The van der Waals surface area contributed by atoms with Gasteiger partial charge in [0.15, 0.2) is 0 Å². The van der Waals surface area contributed by atoms with Crippen LogP contribution in [0.15, 0.2) is 340 Å². The molecule has 0 atom stereocenters. The number of rotatable bonds is 16. The van der Waals surface area contributed by atoms with Gasteiger partial charge < -0.3 is 0 Å². The minimum atomic E-state index is -5.68.